The topological polar surface area (TPSA) is 66.6 Å². The van der Waals surface area contributed by atoms with Crippen LogP contribution in [0.5, 0.6) is 5.75 Å². The Hall–Kier alpha value is -3.57. The first-order valence-electron chi connectivity index (χ1n) is 9.88. The zero-order valence-electron chi connectivity index (χ0n) is 17.3. The highest BCUT2D eigenvalue weighted by atomic mass is 35.5. The second-order valence-electron chi connectivity index (χ2n) is 7.51. The normalized spacial score (nSPS) is 11.3. The van der Waals surface area contributed by atoms with E-state index in [1.807, 2.05) is 12.1 Å². The predicted octanol–water partition coefficient (Wildman–Crippen LogP) is 5.43. The molecule has 4 rings (SSSR count). The third-order valence-electron chi connectivity index (χ3n) is 5.35. The van der Waals surface area contributed by atoms with Gasteiger partial charge < -0.3 is 9.67 Å². The van der Waals surface area contributed by atoms with E-state index in [1.54, 1.807) is 6.21 Å². The lowest BCUT2D eigenvalue weighted by atomic mass is 10.1. The van der Waals surface area contributed by atoms with E-state index in [0.717, 1.165) is 23.0 Å². The molecule has 0 atom stereocenters. The minimum absolute atomic E-state index is 0.0706. The number of nitrogens with zero attached hydrogens (tertiary/aromatic N) is 2. The van der Waals surface area contributed by atoms with E-state index in [2.05, 4.69) is 65.5 Å². The molecule has 1 aromatic heterocycles. The van der Waals surface area contributed by atoms with E-state index in [4.69, 9.17) is 11.6 Å². The molecule has 4 aromatic rings. The van der Waals surface area contributed by atoms with Gasteiger partial charge in [0.1, 0.15) is 5.75 Å². The van der Waals surface area contributed by atoms with Crippen molar-refractivity contribution in [1.82, 2.24) is 9.99 Å². The number of phenols is 1. The summed E-state index contributed by atoms with van der Waals surface area (Å²) in [6, 6.07) is 18.8. The third-order valence-corrected chi connectivity index (χ3v) is 5.65. The highest BCUT2D eigenvalue weighted by molar-refractivity contribution is 6.32. The Kier molecular flexibility index (Phi) is 5.78. The molecule has 2 N–H and O–H groups in total. The monoisotopic (exact) mass is 431 g/mol. The van der Waals surface area contributed by atoms with Crippen LogP contribution in [-0.2, 0) is 6.54 Å². The fourth-order valence-electron chi connectivity index (χ4n) is 3.47. The molecule has 0 aliphatic heterocycles. The maximum Gasteiger partial charge on any atom is 0.271 e. The van der Waals surface area contributed by atoms with E-state index >= 15 is 0 Å². The number of nitrogens with one attached hydrogen (secondary N) is 1. The molecule has 6 heteroatoms. The molecule has 0 radical (unpaired) electrons. The smallest absolute Gasteiger partial charge is 0.271 e. The van der Waals surface area contributed by atoms with Crippen molar-refractivity contribution in [2.24, 2.45) is 5.10 Å². The molecule has 156 valence electrons. The maximum atomic E-state index is 12.3. The van der Waals surface area contributed by atoms with Crippen molar-refractivity contribution in [1.29, 1.82) is 0 Å². The number of carbonyl (C=O) groups is 1. The summed E-state index contributed by atoms with van der Waals surface area (Å²) in [5.74, 6) is -0.476. The summed E-state index contributed by atoms with van der Waals surface area (Å²) in [4.78, 5) is 12.3. The number of rotatable bonds is 5. The Morgan fingerprint density at radius 2 is 1.94 bits per heavy atom. The number of aromatic nitrogens is 1. The first kappa shape index (κ1) is 20.7. The van der Waals surface area contributed by atoms with Crippen LogP contribution in [0.2, 0.25) is 5.02 Å². The van der Waals surface area contributed by atoms with Crippen LogP contribution in [-0.4, -0.2) is 21.8 Å². The van der Waals surface area contributed by atoms with Crippen LogP contribution < -0.4 is 5.43 Å². The Morgan fingerprint density at radius 1 is 1.10 bits per heavy atom. The number of aryl methyl sites for hydroxylation is 2. The molecule has 5 nitrogen and oxygen atoms in total. The minimum Gasteiger partial charge on any atom is -0.506 e. The summed E-state index contributed by atoms with van der Waals surface area (Å²) >= 11 is 5.86. The Balaban J connectivity index is 1.52. The molecule has 0 aliphatic rings. The van der Waals surface area contributed by atoms with Gasteiger partial charge in [-0.05, 0) is 60.9 Å². The van der Waals surface area contributed by atoms with Gasteiger partial charge >= 0.3 is 0 Å². The van der Waals surface area contributed by atoms with Crippen LogP contribution in [0.15, 0.2) is 72.0 Å². The van der Waals surface area contributed by atoms with Crippen molar-refractivity contribution in [2.45, 2.75) is 20.4 Å². The molecule has 0 spiro atoms. The number of halogens is 1. The summed E-state index contributed by atoms with van der Waals surface area (Å²) in [7, 11) is 0. The van der Waals surface area contributed by atoms with Gasteiger partial charge in [-0.25, -0.2) is 5.43 Å². The average Bonchev–Trinajstić information content (AvgIpc) is 3.16. The van der Waals surface area contributed by atoms with Crippen molar-refractivity contribution in [2.75, 3.05) is 0 Å². The van der Waals surface area contributed by atoms with Crippen molar-refractivity contribution in [3.63, 3.8) is 0 Å². The van der Waals surface area contributed by atoms with Crippen LogP contribution in [0.4, 0.5) is 0 Å². The van der Waals surface area contributed by atoms with Gasteiger partial charge in [-0.15, -0.1) is 0 Å². The summed E-state index contributed by atoms with van der Waals surface area (Å²) < 4.78 is 2.20. The molecule has 1 heterocycles. The second kappa shape index (κ2) is 8.66. The van der Waals surface area contributed by atoms with Gasteiger partial charge in [-0.1, -0.05) is 41.9 Å². The highest BCUT2D eigenvalue weighted by Gasteiger charge is 2.08. The number of phenolic OH excluding ortho intramolecular Hbond substituents is 1. The number of hydrazone groups is 1. The Labute approximate surface area is 185 Å². The fraction of sp³-hybridized carbons (Fsp3) is 0.120. The molecule has 0 saturated heterocycles. The fourth-order valence-corrected chi connectivity index (χ4v) is 3.65. The van der Waals surface area contributed by atoms with E-state index in [-0.39, 0.29) is 10.8 Å². The molecule has 0 bridgehead atoms. The largest absolute Gasteiger partial charge is 0.506 e. The van der Waals surface area contributed by atoms with Crippen molar-refractivity contribution in [3.8, 4) is 5.75 Å². The first-order valence-corrected chi connectivity index (χ1v) is 10.3. The number of hydrogen-bond acceptors (Lipinski definition) is 3. The van der Waals surface area contributed by atoms with Gasteiger partial charge in [-0.2, -0.15) is 5.10 Å². The van der Waals surface area contributed by atoms with Crippen LogP contribution in [0.25, 0.3) is 10.9 Å². The molecule has 0 fully saturated rings. The maximum absolute atomic E-state index is 12.3. The van der Waals surface area contributed by atoms with Gasteiger partial charge in [0.25, 0.3) is 5.91 Å². The quantitative estimate of drug-likeness (QED) is 0.327. The Bertz CT molecular complexity index is 1310. The van der Waals surface area contributed by atoms with Gasteiger partial charge in [-0.3, -0.25) is 4.79 Å². The minimum atomic E-state index is -0.405. The molecule has 3 aromatic carbocycles. The van der Waals surface area contributed by atoms with E-state index in [0.29, 0.717) is 5.56 Å². The number of fused-ring (bicyclic) bond motifs is 1. The van der Waals surface area contributed by atoms with Gasteiger partial charge in [0.2, 0.25) is 0 Å². The Morgan fingerprint density at radius 3 is 2.71 bits per heavy atom. The zero-order valence-corrected chi connectivity index (χ0v) is 18.0. The molecule has 0 aliphatic carbocycles. The SMILES string of the molecule is Cc1ccc(Cn2ccc3c(C=NNC(=O)c4ccc(O)c(Cl)c4)cccc32)cc1C. The summed E-state index contributed by atoms with van der Waals surface area (Å²) in [5.41, 5.74) is 8.64. The summed E-state index contributed by atoms with van der Waals surface area (Å²) in [5, 5.41) is 14.7. The highest BCUT2D eigenvalue weighted by Crippen LogP contribution is 2.24. The van der Waals surface area contributed by atoms with E-state index in [9.17, 15) is 9.90 Å². The van der Waals surface area contributed by atoms with Crippen LogP contribution in [0.3, 0.4) is 0 Å². The lowest BCUT2D eigenvalue weighted by Gasteiger charge is -2.08. The second-order valence-corrected chi connectivity index (χ2v) is 7.91. The van der Waals surface area contributed by atoms with Crippen molar-refractivity contribution in [3.05, 3.63) is 99.7 Å². The number of amides is 1. The van der Waals surface area contributed by atoms with Crippen molar-refractivity contribution < 1.29 is 9.90 Å². The molecule has 31 heavy (non-hydrogen) atoms. The molecule has 1 amide bonds. The van der Waals surface area contributed by atoms with Crippen LogP contribution in [0.1, 0.15) is 32.6 Å². The summed E-state index contributed by atoms with van der Waals surface area (Å²) in [6.45, 7) is 5.02. The number of carbonyl (C=O) groups excluding carboxylic acids is 1. The third kappa shape index (κ3) is 4.47. The number of benzene rings is 3. The average molecular weight is 432 g/mol. The lowest BCUT2D eigenvalue weighted by molar-refractivity contribution is 0.0955. The lowest BCUT2D eigenvalue weighted by Crippen LogP contribution is -2.17. The molecular formula is C25H22ClN3O2. The summed E-state index contributed by atoms with van der Waals surface area (Å²) in [6.07, 6.45) is 3.69. The van der Waals surface area contributed by atoms with Gasteiger partial charge in [0, 0.05) is 34.8 Å². The predicted molar refractivity (Wildman–Crippen MR) is 125 cm³/mol. The van der Waals surface area contributed by atoms with Crippen LogP contribution in [0, 0.1) is 13.8 Å². The van der Waals surface area contributed by atoms with Gasteiger partial charge in [0.05, 0.1) is 11.2 Å². The number of aromatic hydroxyl groups is 1. The first-order chi connectivity index (χ1) is 14.9. The van der Waals surface area contributed by atoms with E-state index in [1.165, 1.54) is 34.9 Å². The van der Waals surface area contributed by atoms with E-state index < -0.39 is 5.91 Å². The number of hydrogen-bond donors (Lipinski definition) is 2. The van der Waals surface area contributed by atoms with Crippen molar-refractivity contribution >= 4 is 34.6 Å². The van der Waals surface area contributed by atoms with Gasteiger partial charge in [0.15, 0.2) is 0 Å². The standard InChI is InChI=1S/C25H22ClN3O2/c1-16-6-7-18(12-17(16)2)15-29-11-10-21-20(4-3-5-23(21)29)14-27-28-25(31)19-8-9-24(30)22(26)13-19/h3-14,30H,15H2,1-2H3,(H,28,31). The molecule has 0 saturated carbocycles. The molecular weight excluding hydrogens is 410 g/mol. The molecule has 0 unspecified atom stereocenters. The zero-order chi connectivity index (χ0) is 22.0. The van der Waals surface area contributed by atoms with Crippen LogP contribution >= 0.6 is 11.6 Å².